The molecule has 0 aliphatic carbocycles. The van der Waals surface area contributed by atoms with Crippen LogP contribution in [0.3, 0.4) is 0 Å². The van der Waals surface area contributed by atoms with E-state index >= 15 is 0 Å². The number of nitrogens with zero attached hydrogens (tertiary/aromatic N) is 2. The first kappa shape index (κ1) is 16.2. The molecule has 2 N–H and O–H groups in total. The SMILES string of the molecule is CCn1cc(S(=O)(=O)NCCc2cscn2)cc1CNC. The van der Waals surface area contributed by atoms with Crippen molar-refractivity contribution in [3.8, 4) is 0 Å². The highest BCUT2D eigenvalue weighted by molar-refractivity contribution is 7.89. The Morgan fingerprint density at radius 1 is 1.43 bits per heavy atom. The molecule has 0 amide bonds. The monoisotopic (exact) mass is 328 g/mol. The molecule has 0 spiro atoms. The average Bonchev–Trinajstić information content (AvgIpc) is 3.08. The van der Waals surface area contributed by atoms with Crippen LogP contribution in [0, 0.1) is 0 Å². The van der Waals surface area contributed by atoms with Crippen molar-refractivity contribution in [2.24, 2.45) is 0 Å². The summed E-state index contributed by atoms with van der Waals surface area (Å²) in [6.45, 7) is 3.73. The third-order valence-electron chi connectivity index (χ3n) is 3.13. The maximum Gasteiger partial charge on any atom is 0.242 e. The van der Waals surface area contributed by atoms with Crippen molar-refractivity contribution in [1.29, 1.82) is 0 Å². The summed E-state index contributed by atoms with van der Waals surface area (Å²) >= 11 is 1.51. The molecule has 0 aliphatic rings. The van der Waals surface area contributed by atoms with Crippen LogP contribution in [0.15, 0.2) is 28.0 Å². The highest BCUT2D eigenvalue weighted by atomic mass is 32.2. The second kappa shape index (κ2) is 7.17. The summed E-state index contributed by atoms with van der Waals surface area (Å²) in [4.78, 5) is 4.45. The molecular formula is C13H20N4O2S2. The molecular weight excluding hydrogens is 308 g/mol. The summed E-state index contributed by atoms with van der Waals surface area (Å²) in [5.41, 5.74) is 3.61. The Bertz CT molecular complexity index is 662. The zero-order chi connectivity index (χ0) is 15.3. The van der Waals surface area contributed by atoms with Gasteiger partial charge in [0.15, 0.2) is 0 Å². The van der Waals surface area contributed by atoms with Gasteiger partial charge in [-0.3, -0.25) is 0 Å². The average molecular weight is 328 g/mol. The van der Waals surface area contributed by atoms with Gasteiger partial charge in [0, 0.05) is 43.3 Å². The maximum absolute atomic E-state index is 12.3. The van der Waals surface area contributed by atoms with Crippen molar-refractivity contribution in [2.75, 3.05) is 13.6 Å². The number of hydrogen-bond acceptors (Lipinski definition) is 5. The van der Waals surface area contributed by atoms with Gasteiger partial charge in [-0.15, -0.1) is 11.3 Å². The van der Waals surface area contributed by atoms with E-state index in [2.05, 4.69) is 15.0 Å². The van der Waals surface area contributed by atoms with E-state index in [4.69, 9.17) is 0 Å². The number of aromatic nitrogens is 2. The van der Waals surface area contributed by atoms with E-state index < -0.39 is 10.0 Å². The molecule has 116 valence electrons. The van der Waals surface area contributed by atoms with Crippen molar-refractivity contribution < 1.29 is 8.42 Å². The lowest BCUT2D eigenvalue weighted by atomic mass is 10.3. The van der Waals surface area contributed by atoms with Crippen molar-refractivity contribution in [3.05, 3.63) is 34.5 Å². The van der Waals surface area contributed by atoms with Gasteiger partial charge < -0.3 is 9.88 Å². The minimum Gasteiger partial charge on any atom is -0.349 e. The lowest BCUT2D eigenvalue weighted by Gasteiger charge is -2.04. The van der Waals surface area contributed by atoms with E-state index in [1.54, 1.807) is 17.8 Å². The number of nitrogens with one attached hydrogen (secondary N) is 2. The second-order valence-electron chi connectivity index (χ2n) is 4.61. The summed E-state index contributed by atoms with van der Waals surface area (Å²) in [6, 6.07) is 1.71. The Kier molecular flexibility index (Phi) is 5.51. The Morgan fingerprint density at radius 3 is 2.86 bits per heavy atom. The fraction of sp³-hybridized carbons (Fsp3) is 0.462. The van der Waals surface area contributed by atoms with Crippen LogP contribution in [0.5, 0.6) is 0 Å². The number of rotatable bonds is 8. The quantitative estimate of drug-likeness (QED) is 0.763. The van der Waals surface area contributed by atoms with Gasteiger partial charge in [-0.25, -0.2) is 18.1 Å². The van der Waals surface area contributed by atoms with Gasteiger partial charge in [-0.1, -0.05) is 0 Å². The van der Waals surface area contributed by atoms with E-state index in [1.165, 1.54) is 11.3 Å². The smallest absolute Gasteiger partial charge is 0.242 e. The van der Waals surface area contributed by atoms with Crippen LogP contribution >= 0.6 is 11.3 Å². The van der Waals surface area contributed by atoms with Gasteiger partial charge in [-0.05, 0) is 20.0 Å². The minimum absolute atomic E-state index is 0.313. The Balaban J connectivity index is 2.04. The van der Waals surface area contributed by atoms with Crippen LogP contribution in [0.1, 0.15) is 18.3 Å². The van der Waals surface area contributed by atoms with Gasteiger partial charge in [0.05, 0.1) is 16.1 Å². The molecule has 0 atom stereocenters. The predicted molar refractivity (Wildman–Crippen MR) is 83.9 cm³/mol. The molecule has 8 heteroatoms. The number of hydrogen-bond donors (Lipinski definition) is 2. The van der Waals surface area contributed by atoms with E-state index in [1.807, 2.05) is 23.9 Å². The normalized spacial score (nSPS) is 11.9. The van der Waals surface area contributed by atoms with Gasteiger partial charge in [0.1, 0.15) is 0 Å². The van der Waals surface area contributed by atoms with Crippen LogP contribution in [-0.2, 0) is 29.5 Å². The zero-order valence-electron chi connectivity index (χ0n) is 12.2. The van der Waals surface area contributed by atoms with Crippen LogP contribution in [0.25, 0.3) is 0 Å². The van der Waals surface area contributed by atoms with Crippen LogP contribution in [0.4, 0.5) is 0 Å². The minimum atomic E-state index is -3.47. The molecule has 0 fully saturated rings. The summed E-state index contributed by atoms with van der Waals surface area (Å²) in [5.74, 6) is 0. The van der Waals surface area contributed by atoms with Crippen molar-refractivity contribution in [1.82, 2.24) is 19.6 Å². The molecule has 0 saturated heterocycles. The Hall–Kier alpha value is -1.22. The molecule has 2 aromatic heterocycles. The summed E-state index contributed by atoms with van der Waals surface area (Å²) < 4.78 is 29.1. The fourth-order valence-electron chi connectivity index (χ4n) is 2.05. The molecule has 21 heavy (non-hydrogen) atoms. The fourth-order valence-corrected chi connectivity index (χ4v) is 3.74. The highest BCUT2D eigenvalue weighted by Crippen LogP contribution is 2.14. The maximum atomic E-state index is 12.3. The van der Waals surface area contributed by atoms with Crippen LogP contribution < -0.4 is 10.0 Å². The predicted octanol–water partition coefficient (Wildman–Crippen LogP) is 1.20. The van der Waals surface area contributed by atoms with Crippen molar-refractivity contribution in [2.45, 2.75) is 31.3 Å². The Morgan fingerprint density at radius 2 is 2.24 bits per heavy atom. The second-order valence-corrected chi connectivity index (χ2v) is 7.10. The van der Waals surface area contributed by atoms with E-state index in [-0.39, 0.29) is 0 Å². The van der Waals surface area contributed by atoms with E-state index in [0.29, 0.717) is 24.4 Å². The number of aryl methyl sites for hydroxylation is 1. The highest BCUT2D eigenvalue weighted by Gasteiger charge is 2.17. The topological polar surface area (TPSA) is 76.0 Å². The molecule has 0 saturated carbocycles. The molecule has 0 radical (unpaired) electrons. The van der Waals surface area contributed by atoms with E-state index in [9.17, 15) is 8.42 Å². The molecule has 0 aromatic carbocycles. The van der Waals surface area contributed by atoms with Gasteiger partial charge >= 0.3 is 0 Å². The first-order chi connectivity index (χ1) is 10.1. The Labute approximate surface area is 129 Å². The van der Waals surface area contributed by atoms with Crippen LogP contribution in [-0.4, -0.2) is 31.6 Å². The van der Waals surface area contributed by atoms with Crippen molar-refractivity contribution in [3.63, 3.8) is 0 Å². The van der Waals surface area contributed by atoms with Gasteiger partial charge in [-0.2, -0.15) is 0 Å². The molecule has 2 rings (SSSR count). The number of sulfonamides is 1. The molecule has 2 aromatic rings. The molecule has 6 nitrogen and oxygen atoms in total. The third-order valence-corrected chi connectivity index (χ3v) is 5.19. The summed E-state index contributed by atoms with van der Waals surface area (Å²) in [5, 5.41) is 4.97. The molecule has 0 aliphatic heterocycles. The first-order valence-corrected chi connectivity index (χ1v) is 9.19. The van der Waals surface area contributed by atoms with Crippen molar-refractivity contribution >= 4 is 21.4 Å². The largest absolute Gasteiger partial charge is 0.349 e. The first-order valence-electron chi connectivity index (χ1n) is 6.77. The number of thiazole rings is 1. The molecule has 0 unspecified atom stereocenters. The molecule has 2 heterocycles. The van der Waals surface area contributed by atoms with E-state index in [0.717, 1.165) is 17.9 Å². The van der Waals surface area contributed by atoms with Gasteiger partial charge in [0.25, 0.3) is 0 Å². The standard InChI is InChI=1S/C13H20N4O2S2/c1-3-17-8-13(6-12(17)7-14-2)21(18,19)16-5-4-11-9-20-10-15-11/h6,8-10,14,16H,3-5,7H2,1-2H3. The molecule has 0 bridgehead atoms. The zero-order valence-corrected chi connectivity index (χ0v) is 13.8. The lowest BCUT2D eigenvalue weighted by Crippen LogP contribution is -2.25. The summed E-state index contributed by atoms with van der Waals surface area (Å²) in [6.07, 6.45) is 2.28. The lowest BCUT2D eigenvalue weighted by molar-refractivity contribution is 0.581. The van der Waals surface area contributed by atoms with Crippen LogP contribution in [0.2, 0.25) is 0 Å². The third kappa shape index (κ3) is 4.13. The summed E-state index contributed by atoms with van der Waals surface area (Å²) in [7, 11) is -1.63. The van der Waals surface area contributed by atoms with Gasteiger partial charge in [0.2, 0.25) is 10.0 Å².